The zero-order valence-corrected chi connectivity index (χ0v) is 23.0. The molecule has 200 valence electrons. The Morgan fingerprint density at radius 2 is 1.45 bits per heavy atom. The van der Waals surface area contributed by atoms with Gasteiger partial charge in [0.1, 0.15) is 5.82 Å². The predicted octanol–water partition coefficient (Wildman–Crippen LogP) is 3.64. The number of fused-ring (bicyclic) bond motifs is 1. The zero-order valence-electron chi connectivity index (χ0n) is 20.6. The van der Waals surface area contributed by atoms with Crippen LogP contribution in [0, 0.1) is 5.82 Å². The van der Waals surface area contributed by atoms with Crippen LogP contribution in [0.25, 0.3) is 10.9 Å². The molecule has 1 aliphatic rings. The first-order chi connectivity index (χ1) is 18.0. The Balaban J connectivity index is 1.46. The molecule has 0 amide bonds. The van der Waals surface area contributed by atoms with Gasteiger partial charge in [-0.3, -0.25) is 0 Å². The summed E-state index contributed by atoms with van der Waals surface area (Å²) in [6, 6.07) is 16.7. The van der Waals surface area contributed by atoms with Crippen LogP contribution in [-0.2, 0) is 20.0 Å². The Morgan fingerprint density at radius 3 is 2.08 bits per heavy atom. The minimum atomic E-state index is -4.13. The number of hydrogen-bond donors (Lipinski definition) is 0. The first kappa shape index (κ1) is 26.4. The molecule has 0 aliphatic carbocycles. The molecule has 0 spiro atoms. The van der Waals surface area contributed by atoms with E-state index in [-0.39, 0.29) is 9.79 Å². The molecule has 0 bridgehead atoms. The molecule has 0 atom stereocenters. The average Bonchev–Trinajstić information content (AvgIpc) is 3.29. The summed E-state index contributed by atoms with van der Waals surface area (Å²) in [5.41, 5.74) is 0.866. The van der Waals surface area contributed by atoms with E-state index in [1.54, 1.807) is 24.3 Å². The van der Waals surface area contributed by atoms with Gasteiger partial charge in [-0.2, -0.15) is 12.5 Å². The van der Waals surface area contributed by atoms with Crippen molar-refractivity contribution in [1.82, 2.24) is 13.5 Å². The van der Waals surface area contributed by atoms with Crippen LogP contribution in [0.3, 0.4) is 0 Å². The lowest BCUT2D eigenvalue weighted by atomic mass is 10.2. The third-order valence-electron chi connectivity index (χ3n) is 6.49. The molecule has 1 aromatic heterocycles. The van der Waals surface area contributed by atoms with Gasteiger partial charge < -0.3 is 9.80 Å². The second-order valence-electron chi connectivity index (χ2n) is 9.02. The van der Waals surface area contributed by atoms with Gasteiger partial charge >= 0.3 is 0 Å². The van der Waals surface area contributed by atoms with E-state index in [0.717, 1.165) is 8.39 Å². The van der Waals surface area contributed by atoms with Crippen LogP contribution in [0.2, 0.25) is 5.02 Å². The van der Waals surface area contributed by atoms with Crippen molar-refractivity contribution in [3.05, 3.63) is 77.6 Å². The van der Waals surface area contributed by atoms with E-state index in [9.17, 15) is 21.2 Å². The fourth-order valence-corrected chi connectivity index (χ4v) is 6.77. The molecule has 13 heteroatoms. The lowest BCUT2D eigenvalue weighted by Gasteiger charge is -2.36. The van der Waals surface area contributed by atoms with E-state index in [4.69, 9.17) is 11.6 Å². The largest absolute Gasteiger partial charge is 0.366 e. The highest BCUT2D eigenvalue weighted by atomic mass is 35.5. The Kier molecular flexibility index (Phi) is 6.84. The lowest BCUT2D eigenvalue weighted by molar-refractivity contribution is 0.520. The van der Waals surface area contributed by atoms with Crippen molar-refractivity contribution < 1.29 is 21.2 Å². The van der Waals surface area contributed by atoms with Gasteiger partial charge in [0, 0.05) is 50.7 Å². The predicted molar refractivity (Wildman–Crippen MR) is 145 cm³/mol. The maximum atomic E-state index is 14.4. The van der Waals surface area contributed by atoms with Crippen LogP contribution in [0.1, 0.15) is 0 Å². The molecule has 1 fully saturated rings. The van der Waals surface area contributed by atoms with Crippen LogP contribution >= 0.6 is 11.6 Å². The topological polar surface area (TPSA) is 95.8 Å². The van der Waals surface area contributed by atoms with Gasteiger partial charge in [-0.25, -0.2) is 17.1 Å². The summed E-state index contributed by atoms with van der Waals surface area (Å²) in [5, 5.41) is 5.50. The van der Waals surface area contributed by atoms with Crippen LogP contribution in [0.4, 0.5) is 15.9 Å². The van der Waals surface area contributed by atoms with E-state index < -0.39 is 25.9 Å². The van der Waals surface area contributed by atoms with E-state index >= 15 is 0 Å². The number of piperazine rings is 1. The fraction of sp³-hybridized carbons (Fsp3) is 0.240. The summed E-state index contributed by atoms with van der Waals surface area (Å²) < 4.78 is 68.5. The molecule has 1 saturated heterocycles. The summed E-state index contributed by atoms with van der Waals surface area (Å²) >= 11 is 5.88. The van der Waals surface area contributed by atoms with Gasteiger partial charge in [0.25, 0.3) is 10.0 Å². The Bertz CT molecular complexity index is 1720. The number of hydrogen-bond acceptors (Lipinski definition) is 7. The van der Waals surface area contributed by atoms with Crippen molar-refractivity contribution in [3.63, 3.8) is 0 Å². The number of para-hydroxylation sites is 1. The molecule has 3 aromatic carbocycles. The molecule has 4 aromatic rings. The van der Waals surface area contributed by atoms with Crippen LogP contribution in [0.5, 0.6) is 0 Å². The van der Waals surface area contributed by atoms with Crippen LogP contribution in [-0.4, -0.2) is 70.6 Å². The maximum absolute atomic E-state index is 14.4. The molecule has 5 rings (SSSR count). The monoisotopic (exact) mass is 577 g/mol. The fourth-order valence-electron chi connectivity index (χ4n) is 4.43. The molecule has 0 saturated carbocycles. The highest BCUT2D eigenvalue weighted by Gasteiger charge is 2.28. The zero-order chi connectivity index (χ0) is 27.2. The van der Waals surface area contributed by atoms with Gasteiger partial charge in [0.05, 0.1) is 21.0 Å². The Labute approximate surface area is 225 Å². The standard InChI is InChI=1S/C25H25ClFN5O4S2/c1-29(2)37(33,34)19-8-10-20(11-9-19)38(35,36)32-23-6-4-3-5-21(23)25(28-32)31-15-13-30(14-16-31)24-12-7-18(26)17-22(24)27/h3-12,17H,13-16H2,1-2H3. The number of benzene rings is 3. The molecule has 0 N–H and O–H groups in total. The van der Waals surface area contributed by atoms with E-state index in [1.807, 2.05) is 21.9 Å². The highest BCUT2D eigenvalue weighted by Crippen LogP contribution is 2.31. The van der Waals surface area contributed by atoms with Crippen molar-refractivity contribution in [2.45, 2.75) is 9.79 Å². The second-order valence-corrected chi connectivity index (χ2v) is 13.4. The van der Waals surface area contributed by atoms with Crippen LogP contribution < -0.4 is 9.80 Å². The number of nitrogens with zero attached hydrogens (tertiary/aromatic N) is 5. The first-order valence-corrected chi connectivity index (χ1v) is 15.0. The summed E-state index contributed by atoms with van der Waals surface area (Å²) in [6.45, 7) is 2.02. The molecule has 38 heavy (non-hydrogen) atoms. The number of halogens is 2. The van der Waals surface area contributed by atoms with Crippen LogP contribution in [0.15, 0.2) is 76.5 Å². The summed E-state index contributed by atoms with van der Waals surface area (Å²) in [4.78, 5) is 3.80. The molecule has 2 heterocycles. The SMILES string of the molecule is CN(C)S(=O)(=O)c1ccc(S(=O)(=O)n2nc(N3CCN(c4ccc(Cl)cc4F)CC3)c3ccccc32)cc1. The Morgan fingerprint density at radius 1 is 0.842 bits per heavy atom. The second kappa shape index (κ2) is 9.84. The molecular formula is C25H25ClFN5O4S2. The average molecular weight is 578 g/mol. The van der Waals surface area contributed by atoms with Crippen molar-refractivity contribution in [1.29, 1.82) is 0 Å². The van der Waals surface area contributed by atoms with Crippen molar-refractivity contribution >= 4 is 54.1 Å². The maximum Gasteiger partial charge on any atom is 0.283 e. The molecule has 0 radical (unpaired) electrons. The minimum Gasteiger partial charge on any atom is -0.366 e. The van der Waals surface area contributed by atoms with Crippen molar-refractivity contribution in [3.8, 4) is 0 Å². The normalized spacial score (nSPS) is 15.0. The summed E-state index contributed by atoms with van der Waals surface area (Å²) in [7, 11) is -5.02. The van der Waals surface area contributed by atoms with Gasteiger partial charge in [-0.05, 0) is 54.6 Å². The van der Waals surface area contributed by atoms with Gasteiger partial charge in [0.2, 0.25) is 10.0 Å². The molecular weight excluding hydrogens is 553 g/mol. The number of sulfonamides is 1. The molecule has 9 nitrogen and oxygen atoms in total. The van der Waals surface area contributed by atoms with Gasteiger partial charge in [-0.1, -0.05) is 23.7 Å². The van der Waals surface area contributed by atoms with E-state index in [2.05, 4.69) is 5.10 Å². The lowest BCUT2D eigenvalue weighted by Crippen LogP contribution is -2.47. The number of anilines is 2. The van der Waals surface area contributed by atoms with E-state index in [1.165, 1.54) is 44.4 Å². The summed E-state index contributed by atoms with van der Waals surface area (Å²) in [6.07, 6.45) is 0. The van der Waals surface area contributed by atoms with Gasteiger partial charge in [-0.15, -0.1) is 5.10 Å². The van der Waals surface area contributed by atoms with Crippen molar-refractivity contribution in [2.24, 2.45) is 0 Å². The van der Waals surface area contributed by atoms with E-state index in [0.29, 0.717) is 53.6 Å². The van der Waals surface area contributed by atoms with Gasteiger partial charge in [0.15, 0.2) is 5.82 Å². The first-order valence-electron chi connectivity index (χ1n) is 11.7. The Hall–Kier alpha value is -3.19. The molecule has 1 aliphatic heterocycles. The minimum absolute atomic E-state index is 0.0116. The third-order valence-corrected chi connectivity index (χ3v) is 10.2. The highest BCUT2D eigenvalue weighted by molar-refractivity contribution is 7.90. The quantitative estimate of drug-likeness (QED) is 0.345. The number of aromatic nitrogens is 2. The third kappa shape index (κ3) is 4.62. The molecule has 0 unspecified atom stereocenters. The number of rotatable bonds is 6. The van der Waals surface area contributed by atoms with Crippen molar-refractivity contribution in [2.75, 3.05) is 50.1 Å². The smallest absolute Gasteiger partial charge is 0.283 e. The summed E-state index contributed by atoms with van der Waals surface area (Å²) in [5.74, 6) is 0.114.